The molecule has 0 aliphatic rings. The zero-order valence-electron chi connectivity index (χ0n) is 12.8. The van der Waals surface area contributed by atoms with E-state index in [1.807, 2.05) is 18.2 Å². The zero-order valence-corrected chi connectivity index (χ0v) is 13.5. The highest BCUT2D eigenvalue weighted by Crippen LogP contribution is 2.27. The maximum absolute atomic E-state index is 6.09. The van der Waals surface area contributed by atoms with E-state index in [1.165, 1.54) is 19.3 Å². The minimum Gasteiger partial charge on any atom is -0.496 e. The summed E-state index contributed by atoms with van der Waals surface area (Å²) in [4.78, 5) is 0. The molecule has 3 nitrogen and oxygen atoms in total. The molecule has 0 aliphatic carbocycles. The topological polar surface area (TPSA) is 47.3 Å². The summed E-state index contributed by atoms with van der Waals surface area (Å²) < 4.78 is 5.41. The van der Waals surface area contributed by atoms with Crippen LogP contribution in [-0.4, -0.2) is 13.2 Å². The summed E-state index contributed by atoms with van der Waals surface area (Å²) in [6.07, 6.45) is 5.61. The second-order valence-corrected chi connectivity index (χ2v) is 5.68. The minimum absolute atomic E-state index is 0.249. The fourth-order valence-electron chi connectivity index (χ4n) is 2.66. The first-order valence-electron chi connectivity index (χ1n) is 7.44. The van der Waals surface area contributed by atoms with Gasteiger partial charge in [-0.3, -0.25) is 11.3 Å². The van der Waals surface area contributed by atoms with Gasteiger partial charge in [0.1, 0.15) is 5.75 Å². The third-order valence-electron chi connectivity index (χ3n) is 3.92. The van der Waals surface area contributed by atoms with Crippen LogP contribution in [0.1, 0.15) is 45.1 Å². The van der Waals surface area contributed by atoms with Crippen LogP contribution < -0.4 is 16.0 Å². The average molecular weight is 299 g/mol. The van der Waals surface area contributed by atoms with Gasteiger partial charge in [-0.1, -0.05) is 44.7 Å². The normalized spacial score (nSPS) is 14.1. The molecule has 0 aliphatic heterocycles. The predicted octanol–water partition coefficient (Wildman–Crippen LogP) is 3.94. The Morgan fingerprint density at radius 3 is 2.65 bits per heavy atom. The lowest BCUT2D eigenvalue weighted by Gasteiger charge is -2.26. The number of nitrogens with two attached hydrogens (primary N) is 1. The standard InChI is InChI=1S/C16H27ClN2O/c1-4-6-7-12(5-2)15(19-18)11-13-10-14(17)8-9-16(13)20-3/h8-10,12,15,19H,4-7,11,18H2,1-3H3. The molecule has 0 aromatic heterocycles. The maximum atomic E-state index is 6.09. The van der Waals surface area contributed by atoms with E-state index in [0.29, 0.717) is 5.92 Å². The summed E-state index contributed by atoms with van der Waals surface area (Å²) in [7, 11) is 1.69. The lowest BCUT2D eigenvalue weighted by Crippen LogP contribution is -2.42. The van der Waals surface area contributed by atoms with E-state index in [9.17, 15) is 0 Å². The molecule has 0 heterocycles. The number of hydrogen-bond acceptors (Lipinski definition) is 3. The molecule has 1 aromatic carbocycles. The second kappa shape index (κ2) is 9.22. The number of hydrazine groups is 1. The third kappa shape index (κ3) is 4.97. The largest absolute Gasteiger partial charge is 0.496 e. The molecule has 0 amide bonds. The smallest absolute Gasteiger partial charge is 0.122 e. The van der Waals surface area contributed by atoms with E-state index in [0.717, 1.165) is 29.2 Å². The second-order valence-electron chi connectivity index (χ2n) is 5.24. The van der Waals surface area contributed by atoms with Gasteiger partial charge in [0, 0.05) is 11.1 Å². The van der Waals surface area contributed by atoms with Crippen molar-refractivity contribution in [1.29, 1.82) is 0 Å². The minimum atomic E-state index is 0.249. The first-order chi connectivity index (χ1) is 9.65. The summed E-state index contributed by atoms with van der Waals surface area (Å²) in [6.45, 7) is 4.44. The number of hydrogen-bond donors (Lipinski definition) is 2. The quantitative estimate of drug-likeness (QED) is 0.536. The van der Waals surface area contributed by atoms with Crippen LogP contribution in [0, 0.1) is 5.92 Å². The maximum Gasteiger partial charge on any atom is 0.122 e. The number of benzene rings is 1. The fourth-order valence-corrected chi connectivity index (χ4v) is 2.86. The lowest BCUT2D eigenvalue weighted by molar-refractivity contribution is 0.314. The lowest BCUT2D eigenvalue weighted by atomic mass is 9.87. The first kappa shape index (κ1) is 17.3. The molecule has 0 saturated heterocycles. The van der Waals surface area contributed by atoms with Crippen LogP contribution in [0.4, 0.5) is 0 Å². The highest BCUT2D eigenvalue weighted by atomic mass is 35.5. The van der Waals surface area contributed by atoms with Gasteiger partial charge in [-0.05, 0) is 42.5 Å². The van der Waals surface area contributed by atoms with Gasteiger partial charge in [0.05, 0.1) is 7.11 Å². The molecule has 2 unspecified atom stereocenters. The summed E-state index contributed by atoms with van der Waals surface area (Å²) in [5, 5.41) is 0.734. The Morgan fingerprint density at radius 2 is 2.10 bits per heavy atom. The molecule has 1 rings (SSSR count). The summed E-state index contributed by atoms with van der Waals surface area (Å²) in [5.74, 6) is 7.22. The van der Waals surface area contributed by atoms with Gasteiger partial charge in [0.2, 0.25) is 0 Å². The van der Waals surface area contributed by atoms with Crippen molar-refractivity contribution < 1.29 is 4.74 Å². The number of ether oxygens (including phenoxy) is 1. The van der Waals surface area contributed by atoms with Gasteiger partial charge in [-0.15, -0.1) is 0 Å². The van der Waals surface area contributed by atoms with Gasteiger partial charge >= 0.3 is 0 Å². The average Bonchev–Trinajstić information content (AvgIpc) is 2.46. The Kier molecular flexibility index (Phi) is 7.97. The van der Waals surface area contributed by atoms with Crippen LogP contribution in [0.2, 0.25) is 5.02 Å². The van der Waals surface area contributed by atoms with Gasteiger partial charge in [0.25, 0.3) is 0 Å². The SMILES string of the molecule is CCCCC(CC)C(Cc1cc(Cl)ccc1OC)NN. The molecular weight excluding hydrogens is 272 g/mol. The molecule has 0 spiro atoms. The number of methoxy groups -OCH3 is 1. The van der Waals surface area contributed by atoms with E-state index in [4.69, 9.17) is 22.2 Å². The molecule has 0 bridgehead atoms. The van der Waals surface area contributed by atoms with Crippen molar-refractivity contribution in [2.24, 2.45) is 11.8 Å². The van der Waals surface area contributed by atoms with Crippen LogP contribution >= 0.6 is 11.6 Å². The van der Waals surface area contributed by atoms with Crippen molar-refractivity contribution in [2.45, 2.75) is 52.0 Å². The van der Waals surface area contributed by atoms with E-state index in [1.54, 1.807) is 7.11 Å². The van der Waals surface area contributed by atoms with Gasteiger partial charge in [-0.25, -0.2) is 0 Å². The Hall–Kier alpha value is -0.770. The highest BCUT2D eigenvalue weighted by molar-refractivity contribution is 6.30. The summed E-state index contributed by atoms with van der Waals surface area (Å²) in [5.41, 5.74) is 4.09. The van der Waals surface area contributed by atoms with Crippen molar-refractivity contribution in [3.05, 3.63) is 28.8 Å². The van der Waals surface area contributed by atoms with Crippen LogP contribution in [0.15, 0.2) is 18.2 Å². The van der Waals surface area contributed by atoms with Gasteiger partial charge < -0.3 is 4.74 Å². The Bertz CT molecular complexity index is 398. The van der Waals surface area contributed by atoms with Gasteiger partial charge in [-0.2, -0.15) is 0 Å². The Morgan fingerprint density at radius 1 is 1.35 bits per heavy atom. The first-order valence-corrected chi connectivity index (χ1v) is 7.82. The van der Waals surface area contributed by atoms with Crippen molar-refractivity contribution in [3.8, 4) is 5.75 Å². The molecule has 1 aromatic rings. The number of halogens is 1. The van der Waals surface area contributed by atoms with Crippen LogP contribution in [-0.2, 0) is 6.42 Å². The molecule has 0 fully saturated rings. The third-order valence-corrected chi connectivity index (χ3v) is 4.15. The van der Waals surface area contributed by atoms with Crippen molar-refractivity contribution in [3.63, 3.8) is 0 Å². The molecule has 0 radical (unpaired) electrons. The Balaban J connectivity index is 2.83. The van der Waals surface area contributed by atoms with E-state index in [2.05, 4.69) is 19.3 Å². The number of unbranched alkanes of at least 4 members (excludes halogenated alkanes) is 1. The molecule has 114 valence electrons. The molecular formula is C16H27ClN2O. The molecule has 0 saturated carbocycles. The van der Waals surface area contributed by atoms with Crippen molar-refractivity contribution in [2.75, 3.05) is 7.11 Å². The monoisotopic (exact) mass is 298 g/mol. The van der Waals surface area contributed by atoms with Crippen LogP contribution in [0.25, 0.3) is 0 Å². The molecule has 20 heavy (non-hydrogen) atoms. The number of nitrogens with one attached hydrogen (secondary N) is 1. The fraction of sp³-hybridized carbons (Fsp3) is 0.625. The molecule has 4 heteroatoms. The summed E-state index contributed by atoms with van der Waals surface area (Å²) >= 11 is 6.09. The highest BCUT2D eigenvalue weighted by Gasteiger charge is 2.20. The van der Waals surface area contributed by atoms with Crippen LogP contribution in [0.5, 0.6) is 5.75 Å². The zero-order chi connectivity index (χ0) is 15.0. The summed E-state index contributed by atoms with van der Waals surface area (Å²) in [6, 6.07) is 5.98. The van der Waals surface area contributed by atoms with Gasteiger partial charge in [0.15, 0.2) is 0 Å². The van der Waals surface area contributed by atoms with Crippen molar-refractivity contribution >= 4 is 11.6 Å². The number of rotatable bonds is 9. The van der Waals surface area contributed by atoms with Crippen LogP contribution in [0.3, 0.4) is 0 Å². The molecule has 3 N–H and O–H groups in total. The van der Waals surface area contributed by atoms with E-state index >= 15 is 0 Å². The molecule has 2 atom stereocenters. The van der Waals surface area contributed by atoms with Crippen molar-refractivity contribution in [1.82, 2.24) is 5.43 Å². The van der Waals surface area contributed by atoms with E-state index < -0.39 is 0 Å². The Labute approximate surface area is 127 Å². The van der Waals surface area contributed by atoms with E-state index in [-0.39, 0.29) is 6.04 Å². The predicted molar refractivity (Wildman–Crippen MR) is 86.1 cm³/mol.